The van der Waals surface area contributed by atoms with E-state index in [1.165, 1.54) is 49.8 Å². The smallest absolute Gasteiger partial charge is 0.101 e. The molecule has 3 heteroatoms. The van der Waals surface area contributed by atoms with Crippen molar-refractivity contribution < 1.29 is 0 Å². The Balaban J connectivity index is 1.43. The van der Waals surface area contributed by atoms with Crippen LogP contribution in [0.2, 0.25) is 0 Å². The Bertz CT molecular complexity index is 1730. The summed E-state index contributed by atoms with van der Waals surface area (Å²) >= 11 is 0. The molecular formula is C33H29N3. The molecule has 0 radical (unpaired) electrons. The van der Waals surface area contributed by atoms with E-state index in [-0.39, 0.29) is 0 Å². The predicted octanol–water partition coefficient (Wildman–Crippen LogP) is 8.23. The van der Waals surface area contributed by atoms with Gasteiger partial charge in [-0.05, 0) is 79.5 Å². The quantitative estimate of drug-likeness (QED) is 0.262. The van der Waals surface area contributed by atoms with Gasteiger partial charge in [0.05, 0.1) is 11.4 Å². The number of fused-ring (bicyclic) bond motifs is 6. The lowest BCUT2D eigenvalue weighted by atomic mass is 9.78. The number of pyridine rings is 1. The summed E-state index contributed by atoms with van der Waals surface area (Å²) < 4.78 is 2.26. The largest absolute Gasteiger partial charge is 0.256 e. The molecule has 2 unspecified atom stereocenters. The van der Waals surface area contributed by atoms with Crippen molar-refractivity contribution in [2.45, 2.75) is 33.6 Å². The molecule has 1 aliphatic heterocycles. The van der Waals surface area contributed by atoms with Gasteiger partial charge in [-0.15, -0.1) is 0 Å². The summed E-state index contributed by atoms with van der Waals surface area (Å²) in [5, 5.41) is 8.95. The first-order chi connectivity index (χ1) is 17.6. The first-order valence-electron chi connectivity index (χ1n) is 12.9. The minimum Gasteiger partial charge on any atom is -0.256 e. The fourth-order valence-corrected chi connectivity index (χ4v) is 6.23. The third-order valence-electron chi connectivity index (χ3n) is 8.05. The molecule has 176 valence electrons. The number of hydrogen-bond donors (Lipinski definition) is 0. The van der Waals surface area contributed by atoms with Crippen LogP contribution in [0.25, 0.3) is 49.8 Å². The Morgan fingerprint density at radius 1 is 0.833 bits per heavy atom. The molecule has 2 aromatic heterocycles. The van der Waals surface area contributed by atoms with Crippen molar-refractivity contribution >= 4 is 27.4 Å². The standard InChI is InChI=1S/C33H29N3/c1-20-11-12-30-27(15-20)22(3)18-31-29-17-21(2)16-28(33(29)35-36(30)31)24-8-6-9-25(19-24)32-26-10-5-4-7-23(26)13-14-34-32/h4-14,16-17,19,22,27H,15,18H2,1-3H3. The molecule has 36 heavy (non-hydrogen) atoms. The van der Waals surface area contributed by atoms with Crippen LogP contribution in [0, 0.1) is 18.8 Å². The van der Waals surface area contributed by atoms with Gasteiger partial charge in [0.2, 0.25) is 0 Å². The second-order valence-corrected chi connectivity index (χ2v) is 10.6. The van der Waals surface area contributed by atoms with Gasteiger partial charge in [-0.1, -0.05) is 61.0 Å². The molecule has 0 saturated carbocycles. The number of aromatic nitrogens is 3. The van der Waals surface area contributed by atoms with E-state index >= 15 is 0 Å². The van der Waals surface area contributed by atoms with Gasteiger partial charge in [-0.3, -0.25) is 4.98 Å². The van der Waals surface area contributed by atoms with Crippen LogP contribution in [0.1, 0.15) is 31.5 Å². The minimum absolute atomic E-state index is 0.544. The van der Waals surface area contributed by atoms with Crippen LogP contribution in [0.5, 0.6) is 0 Å². The Morgan fingerprint density at radius 3 is 2.61 bits per heavy atom. The Labute approximate surface area is 211 Å². The van der Waals surface area contributed by atoms with Crippen molar-refractivity contribution in [1.82, 2.24) is 14.8 Å². The molecule has 3 aromatic carbocycles. The van der Waals surface area contributed by atoms with E-state index in [1.54, 1.807) is 0 Å². The van der Waals surface area contributed by atoms with Crippen molar-refractivity contribution in [3.05, 3.63) is 102 Å². The van der Waals surface area contributed by atoms with Crippen molar-refractivity contribution in [1.29, 1.82) is 0 Å². The molecule has 2 aliphatic rings. The van der Waals surface area contributed by atoms with Crippen molar-refractivity contribution in [3.8, 4) is 22.4 Å². The summed E-state index contributed by atoms with van der Waals surface area (Å²) in [4.78, 5) is 4.77. The number of hydrogen-bond acceptors (Lipinski definition) is 2. The third kappa shape index (κ3) is 3.26. The first-order valence-corrected chi connectivity index (χ1v) is 12.9. The zero-order valence-corrected chi connectivity index (χ0v) is 21.0. The topological polar surface area (TPSA) is 30.7 Å². The normalized spacial score (nSPS) is 19.1. The van der Waals surface area contributed by atoms with Crippen LogP contribution < -0.4 is 0 Å². The lowest BCUT2D eigenvalue weighted by Gasteiger charge is -2.34. The van der Waals surface area contributed by atoms with E-state index in [0.29, 0.717) is 11.8 Å². The molecule has 1 aliphatic carbocycles. The fraction of sp³-hybridized carbons (Fsp3) is 0.212. The van der Waals surface area contributed by atoms with Crippen molar-refractivity contribution in [2.75, 3.05) is 0 Å². The minimum atomic E-state index is 0.544. The number of aryl methyl sites for hydroxylation is 1. The molecule has 0 N–H and O–H groups in total. The van der Waals surface area contributed by atoms with Gasteiger partial charge in [0, 0.05) is 39.7 Å². The van der Waals surface area contributed by atoms with Gasteiger partial charge in [0.25, 0.3) is 0 Å². The summed E-state index contributed by atoms with van der Waals surface area (Å²) in [7, 11) is 0. The summed E-state index contributed by atoms with van der Waals surface area (Å²) in [6, 6.07) is 24.0. The second kappa shape index (κ2) is 8.03. The predicted molar refractivity (Wildman–Crippen MR) is 150 cm³/mol. The van der Waals surface area contributed by atoms with Crippen LogP contribution >= 0.6 is 0 Å². The van der Waals surface area contributed by atoms with Crippen molar-refractivity contribution in [2.24, 2.45) is 11.8 Å². The number of nitrogens with zero attached hydrogens (tertiary/aromatic N) is 3. The molecular weight excluding hydrogens is 438 g/mol. The summed E-state index contributed by atoms with van der Waals surface area (Å²) in [6.07, 6.45) is 8.67. The second-order valence-electron chi connectivity index (χ2n) is 10.6. The number of rotatable bonds is 2. The lowest BCUT2D eigenvalue weighted by molar-refractivity contribution is 0.384. The Hall–Kier alpha value is -3.98. The van der Waals surface area contributed by atoms with E-state index in [2.05, 4.69) is 104 Å². The third-order valence-corrected chi connectivity index (χ3v) is 8.05. The average Bonchev–Trinajstić information content (AvgIpc) is 3.26. The maximum Gasteiger partial charge on any atom is 0.101 e. The van der Waals surface area contributed by atoms with Gasteiger partial charge in [-0.25, -0.2) is 4.68 Å². The van der Waals surface area contributed by atoms with Gasteiger partial charge in [0.15, 0.2) is 0 Å². The molecule has 0 bridgehead atoms. The van der Waals surface area contributed by atoms with Crippen LogP contribution in [-0.2, 0) is 6.42 Å². The van der Waals surface area contributed by atoms with Crippen LogP contribution in [0.15, 0.2) is 90.7 Å². The van der Waals surface area contributed by atoms with Crippen LogP contribution in [-0.4, -0.2) is 14.8 Å². The highest BCUT2D eigenvalue weighted by Gasteiger charge is 2.33. The molecule has 0 saturated heterocycles. The molecule has 0 amide bonds. The van der Waals surface area contributed by atoms with E-state index < -0.39 is 0 Å². The first kappa shape index (κ1) is 21.3. The zero-order valence-electron chi connectivity index (χ0n) is 21.0. The number of benzene rings is 3. The summed E-state index contributed by atoms with van der Waals surface area (Å²) in [5.41, 5.74) is 11.1. The van der Waals surface area contributed by atoms with E-state index in [4.69, 9.17) is 10.1 Å². The molecule has 3 heterocycles. The highest BCUT2D eigenvalue weighted by Crippen LogP contribution is 2.44. The maximum absolute atomic E-state index is 5.27. The van der Waals surface area contributed by atoms with E-state index in [1.807, 2.05) is 6.20 Å². The van der Waals surface area contributed by atoms with Crippen molar-refractivity contribution in [3.63, 3.8) is 0 Å². The van der Waals surface area contributed by atoms with E-state index in [9.17, 15) is 0 Å². The Morgan fingerprint density at radius 2 is 1.69 bits per heavy atom. The zero-order chi connectivity index (χ0) is 24.4. The van der Waals surface area contributed by atoms with Gasteiger partial charge in [-0.2, -0.15) is 5.10 Å². The maximum atomic E-state index is 5.27. The van der Waals surface area contributed by atoms with Gasteiger partial charge in [0.1, 0.15) is 5.52 Å². The average molecular weight is 468 g/mol. The SMILES string of the molecule is CC1=CC=C2C(C1)C(C)Cc1c3cc(C)cc(-c4cccc(-c5nccc6ccccc56)c4)c3nn12. The Kier molecular flexibility index (Phi) is 4.75. The molecule has 3 nitrogen and oxygen atoms in total. The van der Waals surface area contributed by atoms with Crippen LogP contribution in [0.4, 0.5) is 0 Å². The molecule has 0 fully saturated rings. The molecule has 7 rings (SSSR count). The molecule has 2 atom stereocenters. The number of allylic oxidation sites excluding steroid dienone is 4. The monoisotopic (exact) mass is 467 g/mol. The van der Waals surface area contributed by atoms with Gasteiger partial charge >= 0.3 is 0 Å². The fourth-order valence-electron chi connectivity index (χ4n) is 6.23. The molecule has 0 spiro atoms. The van der Waals surface area contributed by atoms with E-state index in [0.717, 1.165) is 29.6 Å². The molecule has 5 aromatic rings. The summed E-state index contributed by atoms with van der Waals surface area (Å²) in [5.74, 6) is 1.15. The highest BCUT2D eigenvalue weighted by atomic mass is 15.3. The summed E-state index contributed by atoms with van der Waals surface area (Å²) in [6.45, 7) is 6.84. The van der Waals surface area contributed by atoms with Gasteiger partial charge < -0.3 is 0 Å². The van der Waals surface area contributed by atoms with Crippen LogP contribution in [0.3, 0.4) is 0 Å². The highest BCUT2D eigenvalue weighted by molar-refractivity contribution is 5.99. The lowest BCUT2D eigenvalue weighted by Crippen LogP contribution is -2.28.